The third-order valence-corrected chi connectivity index (χ3v) is 12.2. The lowest BCUT2D eigenvalue weighted by Crippen LogP contribution is -2.55. The van der Waals surface area contributed by atoms with Gasteiger partial charge >= 0.3 is 6.01 Å². The summed E-state index contributed by atoms with van der Waals surface area (Å²) in [6.45, 7) is 11.4. The molecule has 0 bridgehead atoms. The Balaban J connectivity index is 1.34. The van der Waals surface area contributed by atoms with Crippen LogP contribution < -0.4 is 19.7 Å². The van der Waals surface area contributed by atoms with Crippen molar-refractivity contribution in [1.29, 1.82) is 5.26 Å². The molecule has 1 amide bonds. The summed E-state index contributed by atoms with van der Waals surface area (Å²) >= 11 is 8.27. The number of nitriles is 1. The zero-order valence-corrected chi connectivity index (χ0v) is 30.1. The summed E-state index contributed by atoms with van der Waals surface area (Å²) in [5, 5.41) is 14.6. The second kappa shape index (κ2) is 13.1. The normalized spacial score (nSPS) is 19.7. The lowest BCUT2D eigenvalue weighted by molar-refractivity contribution is -0.126. The molecule has 6 heterocycles. The molecule has 3 saturated heterocycles. The van der Waals surface area contributed by atoms with Gasteiger partial charge in [-0.1, -0.05) is 24.2 Å². The van der Waals surface area contributed by atoms with E-state index in [4.69, 9.17) is 31.0 Å². The number of amides is 1. The van der Waals surface area contributed by atoms with Crippen molar-refractivity contribution < 1.29 is 23.0 Å². The Morgan fingerprint density at radius 1 is 1.24 bits per heavy atom. The molecule has 1 N–H and O–H groups in total. The summed E-state index contributed by atoms with van der Waals surface area (Å²) in [7, 11) is 0. The highest BCUT2D eigenvalue weighted by Crippen LogP contribution is 2.51. The molecular formula is C37H38ClF2N7O3S. The van der Waals surface area contributed by atoms with E-state index in [1.807, 2.05) is 13.8 Å². The summed E-state index contributed by atoms with van der Waals surface area (Å²) in [6, 6.07) is 4.75. The van der Waals surface area contributed by atoms with Gasteiger partial charge in [-0.2, -0.15) is 15.2 Å². The summed E-state index contributed by atoms with van der Waals surface area (Å²) in [6.07, 6.45) is 6.04. The number of carbonyl (C=O) groups is 1. The van der Waals surface area contributed by atoms with Gasteiger partial charge in [-0.3, -0.25) is 9.69 Å². The Hall–Kier alpha value is -4.25. The number of anilines is 2. The van der Waals surface area contributed by atoms with Crippen molar-refractivity contribution in [3.63, 3.8) is 0 Å². The topological polar surface area (TPSA) is 107 Å². The Morgan fingerprint density at radius 3 is 2.75 bits per heavy atom. The third-order valence-electron chi connectivity index (χ3n) is 10.8. The number of hydrogen-bond acceptors (Lipinski definition) is 10. The number of aromatic nitrogens is 2. The standard InChI is InChI=1S/C37H38ClF2N7O3S/c1-4-25(48)45-14-15-47-21(18-45)9-16-49-32-28-31(43-36(44-34(28)47)50-19-37-10-5-12-46(37)13-6-11-37)30(40)27(29(32)38)22-7-8-24(39)33-26(22)23(17-41)35(51-33)42-20(2)3/h4,7-8,20-21,42H,1,5-6,9-16,18-19H2,2-3H3/t21-/m0/s1. The molecule has 4 aliphatic heterocycles. The first-order valence-corrected chi connectivity index (χ1v) is 18.7. The highest BCUT2D eigenvalue weighted by atomic mass is 35.5. The van der Waals surface area contributed by atoms with E-state index in [0.717, 1.165) is 50.1 Å². The molecule has 51 heavy (non-hydrogen) atoms. The molecule has 2 aromatic carbocycles. The Morgan fingerprint density at radius 2 is 2.02 bits per heavy atom. The molecule has 1 atom stereocenters. The van der Waals surface area contributed by atoms with E-state index in [2.05, 4.69) is 27.8 Å². The van der Waals surface area contributed by atoms with Gasteiger partial charge < -0.3 is 24.6 Å². The molecule has 0 spiro atoms. The lowest BCUT2D eigenvalue weighted by atomic mass is 9.95. The molecule has 3 fully saturated rings. The minimum atomic E-state index is -0.753. The summed E-state index contributed by atoms with van der Waals surface area (Å²) < 4.78 is 45.8. The Kier molecular flexibility index (Phi) is 8.67. The average Bonchev–Trinajstić information content (AvgIpc) is 3.81. The molecule has 8 rings (SSSR count). The zero-order chi connectivity index (χ0) is 35.6. The third kappa shape index (κ3) is 5.54. The molecule has 266 valence electrons. The van der Waals surface area contributed by atoms with Crippen LogP contribution in [0.3, 0.4) is 0 Å². The van der Waals surface area contributed by atoms with E-state index in [-0.39, 0.29) is 79.2 Å². The molecule has 4 aliphatic rings. The second-order valence-electron chi connectivity index (χ2n) is 14.1. The van der Waals surface area contributed by atoms with Crippen LogP contribution in [-0.4, -0.2) is 89.2 Å². The van der Waals surface area contributed by atoms with E-state index in [1.165, 1.54) is 18.2 Å². The van der Waals surface area contributed by atoms with E-state index in [0.29, 0.717) is 48.9 Å². The van der Waals surface area contributed by atoms with Gasteiger partial charge in [-0.15, -0.1) is 11.3 Å². The number of hydrogen-bond donors (Lipinski definition) is 1. The first-order valence-electron chi connectivity index (χ1n) is 17.5. The van der Waals surface area contributed by atoms with Crippen molar-refractivity contribution in [2.75, 3.05) is 56.2 Å². The van der Waals surface area contributed by atoms with Crippen molar-refractivity contribution >= 4 is 60.7 Å². The lowest BCUT2D eigenvalue weighted by Gasteiger charge is -2.43. The van der Waals surface area contributed by atoms with Gasteiger partial charge in [0.25, 0.3) is 0 Å². The maximum absolute atomic E-state index is 17.5. The minimum absolute atomic E-state index is 0.0229. The first-order chi connectivity index (χ1) is 24.6. The quantitative estimate of drug-likeness (QED) is 0.199. The van der Waals surface area contributed by atoms with Gasteiger partial charge in [0.15, 0.2) is 11.6 Å². The smallest absolute Gasteiger partial charge is 0.319 e. The van der Waals surface area contributed by atoms with Gasteiger partial charge in [0.2, 0.25) is 5.91 Å². The monoisotopic (exact) mass is 733 g/mol. The van der Waals surface area contributed by atoms with Crippen LogP contribution in [0.1, 0.15) is 51.5 Å². The average molecular weight is 734 g/mol. The number of fused-ring (bicyclic) bond motifs is 4. The van der Waals surface area contributed by atoms with Crippen molar-refractivity contribution in [3.05, 3.63) is 47.0 Å². The SMILES string of the molecule is C=CC(=O)N1CCN2c3nc(OCC45CCCN4CCC5)nc4c(F)c(-c5ccc(F)c6sc(NC(C)C)c(C#N)c56)c(Cl)c(c34)OCC[C@H]2C1. The van der Waals surface area contributed by atoms with E-state index < -0.39 is 11.6 Å². The van der Waals surface area contributed by atoms with Crippen LogP contribution in [0.15, 0.2) is 24.8 Å². The number of thiophene rings is 1. The highest BCUT2D eigenvalue weighted by molar-refractivity contribution is 7.23. The molecule has 14 heteroatoms. The molecule has 10 nitrogen and oxygen atoms in total. The summed E-state index contributed by atoms with van der Waals surface area (Å²) in [5.74, 6) is -0.816. The predicted molar refractivity (Wildman–Crippen MR) is 195 cm³/mol. The number of piperazine rings is 1. The van der Waals surface area contributed by atoms with Crippen molar-refractivity contribution in [3.8, 4) is 29.0 Å². The molecule has 0 unspecified atom stereocenters. The zero-order valence-electron chi connectivity index (χ0n) is 28.5. The molecule has 2 aromatic heterocycles. The fraction of sp³-hybridized carbons (Fsp3) is 0.459. The first kappa shape index (κ1) is 33.9. The maximum atomic E-state index is 17.5. The van der Waals surface area contributed by atoms with Crippen LogP contribution in [0.5, 0.6) is 11.8 Å². The molecule has 0 radical (unpaired) electrons. The summed E-state index contributed by atoms with van der Waals surface area (Å²) in [4.78, 5) is 28.5. The van der Waals surface area contributed by atoms with Crippen LogP contribution in [-0.2, 0) is 4.79 Å². The largest absolute Gasteiger partial charge is 0.491 e. The number of benzene rings is 2. The van der Waals surface area contributed by atoms with Crippen molar-refractivity contribution in [1.82, 2.24) is 19.8 Å². The van der Waals surface area contributed by atoms with E-state index in [9.17, 15) is 10.1 Å². The van der Waals surface area contributed by atoms with Gasteiger partial charge in [-0.25, -0.2) is 8.78 Å². The number of nitrogens with zero attached hydrogens (tertiary/aromatic N) is 6. The maximum Gasteiger partial charge on any atom is 0.319 e. The van der Waals surface area contributed by atoms with E-state index in [1.54, 1.807) is 4.90 Å². The number of halogens is 3. The van der Waals surface area contributed by atoms with Gasteiger partial charge in [-0.05, 0) is 70.3 Å². The second-order valence-corrected chi connectivity index (χ2v) is 15.5. The van der Waals surface area contributed by atoms with Gasteiger partial charge in [0.1, 0.15) is 34.8 Å². The van der Waals surface area contributed by atoms with Crippen LogP contribution in [0.2, 0.25) is 5.02 Å². The predicted octanol–water partition coefficient (Wildman–Crippen LogP) is 7.13. The number of nitrogens with one attached hydrogen (secondary N) is 1. The van der Waals surface area contributed by atoms with E-state index >= 15 is 8.78 Å². The summed E-state index contributed by atoms with van der Waals surface area (Å²) in [5.41, 5.74) is 0.269. The Bertz CT molecular complexity index is 2130. The van der Waals surface area contributed by atoms with Crippen molar-refractivity contribution in [2.45, 2.75) is 63.6 Å². The molecule has 4 aromatic rings. The Labute approximate surface area is 303 Å². The van der Waals surface area contributed by atoms with Gasteiger partial charge in [0, 0.05) is 43.0 Å². The number of ether oxygens (including phenoxy) is 2. The van der Waals surface area contributed by atoms with Crippen LogP contribution in [0, 0.1) is 23.0 Å². The fourth-order valence-corrected chi connectivity index (χ4v) is 9.96. The number of rotatable bonds is 7. The highest BCUT2D eigenvalue weighted by Gasteiger charge is 2.45. The van der Waals surface area contributed by atoms with Crippen LogP contribution >= 0.6 is 22.9 Å². The molecule has 0 saturated carbocycles. The molecule has 0 aliphatic carbocycles. The van der Waals surface area contributed by atoms with Crippen LogP contribution in [0.25, 0.3) is 32.1 Å². The molecular weight excluding hydrogens is 696 g/mol. The van der Waals surface area contributed by atoms with Crippen molar-refractivity contribution in [2.24, 2.45) is 0 Å². The van der Waals surface area contributed by atoms with Crippen LogP contribution in [0.4, 0.5) is 19.6 Å². The minimum Gasteiger partial charge on any atom is -0.491 e. The fourth-order valence-electron chi connectivity index (χ4n) is 8.40. The van der Waals surface area contributed by atoms with Gasteiger partial charge in [0.05, 0.1) is 38.9 Å². The number of carbonyl (C=O) groups excluding carboxylic acids is 1.